The lowest BCUT2D eigenvalue weighted by molar-refractivity contribution is -0.156. The quantitative estimate of drug-likeness (QED) is 0.590. The molecule has 0 saturated heterocycles. The fraction of sp³-hybridized carbons (Fsp3) is 0.467. The molecule has 0 heterocycles. The lowest BCUT2D eigenvalue weighted by Crippen LogP contribution is -2.32. The van der Waals surface area contributed by atoms with Gasteiger partial charge in [-0.15, -0.1) is 0 Å². The van der Waals surface area contributed by atoms with Crippen molar-refractivity contribution in [2.75, 3.05) is 0 Å². The largest absolute Gasteiger partial charge is 0.454 e. The molecule has 2 unspecified atom stereocenters. The maximum Gasteiger partial charge on any atom is 0.394 e. The van der Waals surface area contributed by atoms with Gasteiger partial charge in [-0.25, -0.2) is 11.4 Å². The smallest absolute Gasteiger partial charge is 0.394 e. The number of benzene rings is 1. The summed E-state index contributed by atoms with van der Waals surface area (Å²) in [5, 5.41) is 0. The van der Waals surface area contributed by atoms with Crippen LogP contribution in [0.5, 0.6) is 0 Å². The van der Waals surface area contributed by atoms with Gasteiger partial charge in [0.05, 0.1) is 12.3 Å². The molecule has 18 heavy (non-hydrogen) atoms. The number of ether oxygens (including phenoxy) is 1. The van der Waals surface area contributed by atoms with Crippen molar-refractivity contribution in [3.8, 4) is 0 Å². The number of hydrogen-bond donors (Lipinski definition) is 0. The maximum atomic E-state index is 12.1. The van der Waals surface area contributed by atoms with Gasteiger partial charge in [0.15, 0.2) is 0 Å². The number of nitrogens with zero attached hydrogens (tertiary/aromatic N) is 1. The maximum absolute atomic E-state index is 12.1. The third-order valence-electron chi connectivity index (χ3n) is 3.09. The second kappa shape index (κ2) is 4.13. The van der Waals surface area contributed by atoms with Gasteiger partial charge >= 0.3 is 11.5 Å². The van der Waals surface area contributed by atoms with Crippen LogP contribution in [0.3, 0.4) is 0 Å². The lowest BCUT2D eigenvalue weighted by Gasteiger charge is -2.20. The minimum atomic E-state index is -0.991. The zero-order valence-electron chi connectivity index (χ0n) is 10.9. The Morgan fingerprint density at radius 3 is 2.50 bits per heavy atom. The van der Waals surface area contributed by atoms with Crippen LogP contribution in [0, 0.1) is 6.57 Å². The Kier molecular flexibility index (Phi) is 2.90. The van der Waals surface area contributed by atoms with Crippen LogP contribution < -0.4 is 0 Å². The van der Waals surface area contributed by atoms with Crippen molar-refractivity contribution in [2.24, 2.45) is 0 Å². The van der Waals surface area contributed by atoms with Crippen LogP contribution in [-0.2, 0) is 9.53 Å². The summed E-state index contributed by atoms with van der Waals surface area (Å²) in [4.78, 5) is 15.7. The SMILES string of the molecule is [C-]#[N+]C1(C(=O)OC(C)(C)C)CC1c1ccccc1. The monoisotopic (exact) mass is 243 g/mol. The molecule has 1 aromatic rings. The predicted molar refractivity (Wildman–Crippen MR) is 69.0 cm³/mol. The van der Waals surface area contributed by atoms with Gasteiger partial charge in [-0.3, -0.25) is 4.85 Å². The first-order valence-electron chi connectivity index (χ1n) is 6.06. The van der Waals surface area contributed by atoms with E-state index in [4.69, 9.17) is 11.3 Å². The normalized spacial score (nSPS) is 26.2. The van der Waals surface area contributed by atoms with E-state index in [1.54, 1.807) is 0 Å². The molecule has 0 aliphatic heterocycles. The number of carbonyl (C=O) groups is 1. The molecule has 1 aliphatic carbocycles. The predicted octanol–water partition coefficient (Wildman–Crippen LogP) is 3.17. The highest BCUT2D eigenvalue weighted by Gasteiger charge is 2.70. The molecular weight excluding hydrogens is 226 g/mol. The van der Waals surface area contributed by atoms with Gasteiger partial charge in [0, 0.05) is 0 Å². The third-order valence-corrected chi connectivity index (χ3v) is 3.09. The van der Waals surface area contributed by atoms with Crippen molar-refractivity contribution in [3.63, 3.8) is 0 Å². The highest BCUT2D eigenvalue weighted by Crippen LogP contribution is 2.55. The van der Waals surface area contributed by atoms with E-state index in [2.05, 4.69) is 4.85 Å². The van der Waals surface area contributed by atoms with Crippen LogP contribution in [0.2, 0.25) is 0 Å². The van der Waals surface area contributed by atoms with E-state index in [-0.39, 0.29) is 11.9 Å². The summed E-state index contributed by atoms with van der Waals surface area (Å²) in [6.07, 6.45) is 0.565. The van der Waals surface area contributed by atoms with Gasteiger partial charge in [0.1, 0.15) is 5.60 Å². The minimum Gasteiger partial charge on any atom is -0.454 e. The fourth-order valence-corrected chi connectivity index (χ4v) is 2.09. The highest BCUT2D eigenvalue weighted by atomic mass is 16.6. The second-order valence-corrected chi connectivity index (χ2v) is 5.71. The molecule has 1 fully saturated rings. The Hall–Kier alpha value is -1.82. The summed E-state index contributed by atoms with van der Waals surface area (Å²) < 4.78 is 5.35. The summed E-state index contributed by atoms with van der Waals surface area (Å²) in [6.45, 7) is 12.8. The first-order valence-corrected chi connectivity index (χ1v) is 6.06. The zero-order valence-corrected chi connectivity index (χ0v) is 10.9. The molecule has 2 atom stereocenters. The van der Waals surface area contributed by atoms with Crippen molar-refractivity contribution in [1.29, 1.82) is 0 Å². The molecule has 0 radical (unpaired) electrons. The van der Waals surface area contributed by atoms with Gasteiger partial charge in [-0.05, 0) is 26.3 Å². The van der Waals surface area contributed by atoms with E-state index in [9.17, 15) is 4.79 Å². The van der Waals surface area contributed by atoms with Crippen molar-refractivity contribution >= 4 is 5.97 Å². The summed E-state index contributed by atoms with van der Waals surface area (Å²) in [5.74, 6) is -0.412. The molecule has 0 spiro atoms. The molecular formula is C15H17NO2. The molecule has 0 bridgehead atoms. The summed E-state index contributed by atoms with van der Waals surface area (Å²) in [5.41, 5.74) is -0.493. The summed E-state index contributed by atoms with van der Waals surface area (Å²) >= 11 is 0. The standard InChI is InChI=1S/C15H17NO2/c1-14(2,3)18-13(17)15(16-4)10-12(15)11-8-6-5-7-9-11/h5-9,12H,10H2,1-3H3. The minimum absolute atomic E-state index is 0.0222. The number of rotatable bonds is 2. The first-order chi connectivity index (χ1) is 8.39. The van der Waals surface area contributed by atoms with Gasteiger partial charge < -0.3 is 4.74 Å². The molecule has 0 N–H and O–H groups in total. The Morgan fingerprint density at radius 1 is 1.39 bits per heavy atom. The van der Waals surface area contributed by atoms with E-state index in [0.717, 1.165) is 5.56 Å². The molecule has 2 rings (SSSR count). The molecule has 1 aliphatic rings. The Labute approximate surface area is 108 Å². The average Bonchev–Trinajstić information content (AvgIpc) is 3.04. The Morgan fingerprint density at radius 2 is 2.00 bits per heavy atom. The van der Waals surface area contributed by atoms with Crippen LogP contribution in [0.4, 0.5) is 0 Å². The van der Waals surface area contributed by atoms with E-state index in [0.29, 0.717) is 6.42 Å². The van der Waals surface area contributed by atoms with Crippen molar-refractivity contribution in [3.05, 3.63) is 47.3 Å². The first kappa shape index (κ1) is 12.6. The van der Waals surface area contributed by atoms with Crippen LogP contribution in [-0.4, -0.2) is 17.1 Å². The van der Waals surface area contributed by atoms with Crippen molar-refractivity contribution in [1.82, 2.24) is 0 Å². The van der Waals surface area contributed by atoms with Crippen LogP contribution in [0.1, 0.15) is 38.7 Å². The molecule has 1 aromatic carbocycles. The van der Waals surface area contributed by atoms with Gasteiger partial charge in [-0.2, -0.15) is 0 Å². The molecule has 0 aromatic heterocycles. The average molecular weight is 243 g/mol. The lowest BCUT2D eigenvalue weighted by atomic mass is 10.1. The molecule has 3 nitrogen and oxygen atoms in total. The summed E-state index contributed by atoms with van der Waals surface area (Å²) in [7, 11) is 0. The highest BCUT2D eigenvalue weighted by molar-refractivity contribution is 5.89. The van der Waals surface area contributed by atoms with Crippen LogP contribution in [0.25, 0.3) is 4.85 Å². The topological polar surface area (TPSA) is 30.7 Å². The van der Waals surface area contributed by atoms with E-state index >= 15 is 0 Å². The Balaban J connectivity index is 2.17. The molecule has 3 heteroatoms. The zero-order chi connectivity index (χ0) is 13.4. The number of esters is 1. The van der Waals surface area contributed by atoms with E-state index in [1.165, 1.54) is 0 Å². The van der Waals surface area contributed by atoms with E-state index in [1.807, 2.05) is 51.1 Å². The molecule has 94 valence electrons. The molecule has 1 saturated carbocycles. The Bertz CT molecular complexity index is 495. The second-order valence-electron chi connectivity index (χ2n) is 5.71. The number of carbonyl (C=O) groups excluding carboxylic acids is 1. The number of hydrogen-bond acceptors (Lipinski definition) is 2. The van der Waals surface area contributed by atoms with Gasteiger partial charge in [-0.1, -0.05) is 30.3 Å². The molecule has 0 amide bonds. The van der Waals surface area contributed by atoms with Crippen molar-refractivity contribution in [2.45, 2.75) is 44.2 Å². The van der Waals surface area contributed by atoms with Crippen LogP contribution >= 0.6 is 0 Å². The third kappa shape index (κ3) is 2.24. The van der Waals surface area contributed by atoms with Crippen molar-refractivity contribution < 1.29 is 9.53 Å². The van der Waals surface area contributed by atoms with Gasteiger partial charge in [0.2, 0.25) is 0 Å². The van der Waals surface area contributed by atoms with Crippen LogP contribution in [0.15, 0.2) is 30.3 Å². The van der Waals surface area contributed by atoms with E-state index < -0.39 is 11.1 Å². The van der Waals surface area contributed by atoms with Gasteiger partial charge in [0.25, 0.3) is 0 Å². The fourth-order valence-electron chi connectivity index (χ4n) is 2.09. The summed E-state index contributed by atoms with van der Waals surface area (Å²) in [6, 6.07) is 9.71.